The Morgan fingerprint density at radius 3 is 2.89 bits per heavy atom. The van der Waals surface area contributed by atoms with Crippen LogP contribution in [0.2, 0.25) is 0 Å². The van der Waals surface area contributed by atoms with Crippen LogP contribution in [0.15, 0.2) is 24.5 Å². The highest BCUT2D eigenvalue weighted by molar-refractivity contribution is 5.76. The van der Waals surface area contributed by atoms with E-state index in [2.05, 4.69) is 10.3 Å². The maximum atomic E-state index is 12.0. The van der Waals surface area contributed by atoms with Gasteiger partial charge in [-0.2, -0.15) is 0 Å². The smallest absolute Gasteiger partial charge is 0.220 e. The highest BCUT2D eigenvalue weighted by Gasteiger charge is 2.18. The van der Waals surface area contributed by atoms with E-state index in [0.29, 0.717) is 12.3 Å². The largest absolute Gasteiger partial charge is 0.350 e. The van der Waals surface area contributed by atoms with E-state index < -0.39 is 0 Å². The second-order valence-corrected chi connectivity index (χ2v) is 5.28. The first-order valence-corrected chi connectivity index (χ1v) is 6.95. The van der Waals surface area contributed by atoms with Gasteiger partial charge in [-0.05, 0) is 37.3 Å². The van der Waals surface area contributed by atoms with Crippen molar-refractivity contribution in [3.8, 4) is 0 Å². The second-order valence-electron chi connectivity index (χ2n) is 5.28. The number of pyridine rings is 1. The van der Waals surface area contributed by atoms with Crippen LogP contribution in [-0.2, 0) is 4.79 Å². The van der Waals surface area contributed by atoms with Gasteiger partial charge in [-0.25, -0.2) is 0 Å². The minimum Gasteiger partial charge on any atom is -0.350 e. The van der Waals surface area contributed by atoms with Gasteiger partial charge in [0.25, 0.3) is 0 Å². The first-order valence-electron chi connectivity index (χ1n) is 6.95. The number of nitrogens with zero attached hydrogens (tertiary/aromatic N) is 1. The third-order valence-corrected chi connectivity index (χ3v) is 3.76. The van der Waals surface area contributed by atoms with Gasteiger partial charge in [0.15, 0.2) is 0 Å². The van der Waals surface area contributed by atoms with E-state index >= 15 is 0 Å². The minimum absolute atomic E-state index is 0.0507. The second kappa shape index (κ2) is 6.53. The minimum atomic E-state index is 0.0507. The zero-order valence-corrected chi connectivity index (χ0v) is 11.1. The Morgan fingerprint density at radius 2 is 2.22 bits per heavy atom. The number of nitrogens with one attached hydrogen (secondary N) is 1. The van der Waals surface area contributed by atoms with E-state index in [4.69, 9.17) is 0 Å². The molecule has 0 aromatic carbocycles. The van der Waals surface area contributed by atoms with Crippen molar-refractivity contribution in [3.63, 3.8) is 0 Å². The van der Waals surface area contributed by atoms with Crippen LogP contribution in [0.4, 0.5) is 0 Å². The van der Waals surface area contributed by atoms with Crippen LogP contribution in [0.1, 0.15) is 57.1 Å². The predicted octanol–water partition coefficient (Wildman–Crippen LogP) is 3.23. The van der Waals surface area contributed by atoms with Crippen molar-refractivity contribution in [3.05, 3.63) is 30.1 Å². The molecular formula is C15H22N2O. The van der Waals surface area contributed by atoms with E-state index in [1.807, 2.05) is 25.3 Å². The molecule has 0 bridgehead atoms. The molecular weight excluding hydrogens is 224 g/mol. The summed E-state index contributed by atoms with van der Waals surface area (Å²) in [6, 6.07) is 3.95. The number of carbonyl (C=O) groups is 1. The Hall–Kier alpha value is -1.38. The molecule has 1 fully saturated rings. The fraction of sp³-hybridized carbons (Fsp3) is 0.600. The fourth-order valence-corrected chi connectivity index (χ4v) is 2.67. The monoisotopic (exact) mass is 246 g/mol. The molecule has 1 saturated carbocycles. The normalized spacial score (nSPS) is 18.3. The van der Waals surface area contributed by atoms with E-state index in [0.717, 1.165) is 5.56 Å². The zero-order chi connectivity index (χ0) is 12.8. The highest BCUT2D eigenvalue weighted by Crippen LogP contribution is 2.26. The molecule has 0 aliphatic heterocycles. The van der Waals surface area contributed by atoms with Crippen LogP contribution >= 0.6 is 0 Å². The van der Waals surface area contributed by atoms with Crippen molar-refractivity contribution in [1.82, 2.24) is 10.3 Å². The summed E-state index contributed by atoms with van der Waals surface area (Å²) in [5.41, 5.74) is 1.06. The molecule has 1 aromatic heterocycles. The summed E-state index contributed by atoms with van der Waals surface area (Å²) >= 11 is 0. The summed E-state index contributed by atoms with van der Waals surface area (Å²) in [7, 11) is 0. The Labute approximate surface area is 109 Å². The molecule has 1 aliphatic rings. The topological polar surface area (TPSA) is 42.0 Å². The lowest BCUT2D eigenvalue weighted by atomic mass is 9.87. The van der Waals surface area contributed by atoms with Crippen LogP contribution in [0.3, 0.4) is 0 Å². The van der Waals surface area contributed by atoms with Gasteiger partial charge in [-0.1, -0.05) is 25.3 Å². The van der Waals surface area contributed by atoms with Crippen molar-refractivity contribution in [2.24, 2.45) is 5.92 Å². The molecule has 1 aromatic rings. The molecule has 1 heterocycles. The highest BCUT2D eigenvalue weighted by atomic mass is 16.1. The summed E-state index contributed by atoms with van der Waals surface area (Å²) in [5.74, 6) is 0.776. The predicted molar refractivity (Wildman–Crippen MR) is 72.0 cm³/mol. The fourth-order valence-electron chi connectivity index (χ4n) is 2.67. The summed E-state index contributed by atoms with van der Waals surface area (Å²) in [4.78, 5) is 16.0. The van der Waals surface area contributed by atoms with Crippen LogP contribution < -0.4 is 5.32 Å². The number of amides is 1. The molecule has 1 N–H and O–H groups in total. The average molecular weight is 246 g/mol. The number of carbonyl (C=O) groups excluding carboxylic acids is 1. The van der Waals surface area contributed by atoms with E-state index in [-0.39, 0.29) is 11.9 Å². The Morgan fingerprint density at radius 1 is 1.44 bits per heavy atom. The van der Waals surface area contributed by atoms with Crippen molar-refractivity contribution in [1.29, 1.82) is 0 Å². The van der Waals surface area contributed by atoms with Crippen LogP contribution in [0, 0.1) is 5.92 Å². The van der Waals surface area contributed by atoms with Gasteiger partial charge >= 0.3 is 0 Å². The first kappa shape index (κ1) is 13.1. The van der Waals surface area contributed by atoms with Gasteiger partial charge in [0.05, 0.1) is 6.04 Å². The maximum Gasteiger partial charge on any atom is 0.220 e. The number of aromatic nitrogens is 1. The Balaban J connectivity index is 1.80. The molecule has 1 atom stereocenters. The summed E-state index contributed by atoms with van der Waals surface area (Å²) in [5, 5.41) is 3.06. The van der Waals surface area contributed by atoms with Crippen molar-refractivity contribution >= 4 is 5.91 Å². The van der Waals surface area contributed by atoms with Gasteiger partial charge in [0, 0.05) is 18.8 Å². The molecule has 0 saturated heterocycles. The van der Waals surface area contributed by atoms with E-state index in [1.165, 1.54) is 32.1 Å². The lowest BCUT2D eigenvalue weighted by Crippen LogP contribution is -2.28. The molecule has 3 heteroatoms. The van der Waals surface area contributed by atoms with Gasteiger partial charge in [0.1, 0.15) is 0 Å². The summed E-state index contributed by atoms with van der Waals surface area (Å²) in [6.07, 6.45) is 10.6. The first-order chi connectivity index (χ1) is 8.75. The van der Waals surface area contributed by atoms with Crippen molar-refractivity contribution < 1.29 is 4.79 Å². The van der Waals surface area contributed by atoms with Gasteiger partial charge in [-0.3, -0.25) is 9.78 Å². The van der Waals surface area contributed by atoms with Gasteiger partial charge < -0.3 is 5.32 Å². The molecule has 3 nitrogen and oxygen atoms in total. The van der Waals surface area contributed by atoms with E-state index in [9.17, 15) is 4.79 Å². The Bertz CT molecular complexity index is 371. The van der Waals surface area contributed by atoms with Crippen molar-refractivity contribution in [2.45, 2.75) is 51.5 Å². The van der Waals surface area contributed by atoms with Gasteiger partial charge in [-0.15, -0.1) is 0 Å². The number of rotatable bonds is 4. The molecule has 1 aliphatic carbocycles. The van der Waals surface area contributed by atoms with Crippen molar-refractivity contribution in [2.75, 3.05) is 0 Å². The van der Waals surface area contributed by atoms with Gasteiger partial charge in [0.2, 0.25) is 5.91 Å². The Kier molecular flexibility index (Phi) is 4.73. The number of hydrogen-bond donors (Lipinski definition) is 1. The quantitative estimate of drug-likeness (QED) is 0.886. The zero-order valence-electron chi connectivity index (χ0n) is 11.1. The molecule has 1 unspecified atom stereocenters. The SMILES string of the molecule is CC(NC(=O)CC1CCCCC1)c1cccnc1. The third kappa shape index (κ3) is 3.83. The molecule has 2 rings (SSSR count). The molecule has 0 spiro atoms. The maximum absolute atomic E-state index is 12.0. The molecule has 98 valence electrons. The van der Waals surface area contributed by atoms with Crippen LogP contribution in [-0.4, -0.2) is 10.9 Å². The standard InChI is InChI=1S/C15H22N2O/c1-12(14-8-5-9-16-11-14)17-15(18)10-13-6-3-2-4-7-13/h5,8-9,11-13H,2-4,6-7,10H2,1H3,(H,17,18). The van der Waals surface area contributed by atoms with Crippen LogP contribution in [0.5, 0.6) is 0 Å². The third-order valence-electron chi connectivity index (χ3n) is 3.76. The summed E-state index contributed by atoms with van der Waals surface area (Å²) in [6.45, 7) is 2.01. The lowest BCUT2D eigenvalue weighted by Gasteiger charge is -2.22. The molecule has 0 radical (unpaired) electrons. The lowest BCUT2D eigenvalue weighted by molar-refractivity contribution is -0.122. The van der Waals surface area contributed by atoms with E-state index in [1.54, 1.807) is 6.20 Å². The summed E-state index contributed by atoms with van der Waals surface area (Å²) < 4.78 is 0. The average Bonchev–Trinajstić information content (AvgIpc) is 2.40. The molecule has 1 amide bonds. The molecule has 18 heavy (non-hydrogen) atoms. The van der Waals surface area contributed by atoms with Crippen LogP contribution in [0.25, 0.3) is 0 Å². The number of hydrogen-bond acceptors (Lipinski definition) is 2.